The molecular weight excluding hydrogens is 359 g/mol. The van der Waals surface area contributed by atoms with Gasteiger partial charge in [-0.3, -0.25) is 0 Å². The predicted octanol–water partition coefficient (Wildman–Crippen LogP) is 4.21. The van der Waals surface area contributed by atoms with Crippen LogP contribution in [0.25, 0.3) is 0 Å². The molecule has 0 radical (unpaired) electrons. The van der Waals surface area contributed by atoms with Crippen molar-refractivity contribution in [1.29, 1.82) is 0 Å². The van der Waals surface area contributed by atoms with Crippen molar-refractivity contribution in [2.24, 2.45) is 0 Å². The first-order chi connectivity index (χ1) is 8.73. The van der Waals surface area contributed by atoms with Crippen molar-refractivity contribution in [3.8, 4) is 5.75 Å². The van der Waals surface area contributed by atoms with Gasteiger partial charge in [0.1, 0.15) is 0 Å². The fourth-order valence-corrected chi connectivity index (χ4v) is 5.85. The molecule has 0 unspecified atom stereocenters. The van der Waals surface area contributed by atoms with Crippen molar-refractivity contribution in [1.82, 2.24) is 0 Å². The number of halogens is 1. The molecule has 0 saturated heterocycles. The summed E-state index contributed by atoms with van der Waals surface area (Å²) in [5, 5.41) is 0. The molecule has 0 saturated carbocycles. The van der Waals surface area contributed by atoms with E-state index < -0.39 is 20.6 Å². The van der Waals surface area contributed by atoms with Crippen LogP contribution in [0, 0.1) is 3.57 Å². The van der Waals surface area contributed by atoms with Gasteiger partial charge < -0.3 is 0 Å². The van der Waals surface area contributed by atoms with Crippen molar-refractivity contribution in [2.75, 3.05) is 7.11 Å². The summed E-state index contributed by atoms with van der Waals surface area (Å²) in [6, 6.07) is 5.99. The molecule has 0 N–H and O–H groups in total. The van der Waals surface area contributed by atoms with Crippen LogP contribution >= 0.6 is 20.6 Å². The van der Waals surface area contributed by atoms with Crippen LogP contribution in [0.2, 0.25) is 0 Å². The SMILES string of the molecule is COc1ccc2c(c1)C(C)(C)OI2OOC(C)(C)C. The zero-order valence-electron chi connectivity index (χ0n) is 12.2. The molecule has 0 amide bonds. The molecule has 1 aromatic carbocycles. The average molecular weight is 380 g/mol. The quantitative estimate of drug-likeness (QED) is 0.447. The Balaban J connectivity index is 2.24. The summed E-state index contributed by atoms with van der Waals surface area (Å²) in [5.74, 6) is 0.838. The summed E-state index contributed by atoms with van der Waals surface area (Å²) >= 11 is -2.21. The third-order valence-corrected chi connectivity index (χ3v) is 6.49. The van der Waals surface area contributed by atoms with E-state index in [1.54, 1.807) is 7.11 Å². The number of benzene rings is 1. The molecule has 0 bridgehead atoms. The summed E-state index contributed by atoms with van der Waals surface area (Å²) in [6.07, 6.45) is 0. The van der Waals surface area contributed by atoms with Gasteiger partial charge in [-0.05, 0) is 0 Å². The molecule has 0 spiro atoms. The maximum absolute atomic E-state index is 6.07. The van der Waals surface area contributed by atoms with E-state index in [1.807, 2.05) is 52.8 Å². The number of hydrogen-bond acceptors (Lipinski definition) is 4. The minimum absolute atomic E-state index is 0.333. The van der Waals surface area contributed by atoms with Crippen molar-refractivity contribution in [3.63, 3.8) is 0 Å². The molecule has 0 atom stereocenters. The molecule has 4 nitrogen and oxygen atoms in total. The van der Waals surface area contributed by atoms with Gasteiger partial charge in [-0.15, -0.1) is 0 Å². The van der Waals surface area contributed by atoms with Gasteiger partial charge in [-0.2, -0.15) is 0 Å². The van der Waals surface area contributed by atoms with Crippen LogP contribution in [0.4, 0.5) is 0 Å². The van der Waals surface area contributed by atoms with Gasteiger partial charge >= 0.3 is 123 Å². The molecule has 2 rings (SSSR count). The van der Waals surface area contributed by atoms with Gasteiger partial charge in [0, 0.05) is 0 Å². The van der Waals surface area contributed by atoms with E-state index in [4.69, 9.17) is 15.9 Å². The first-order valence-corrected chi connectivity index (χ1v) is 9.01. The Bertz CT molecular complexity index is 465. The molecule has 1 aromatic rings. The van der Waals surface area contributed by atoms with Crippen molar-refractivity contribution in [3.05, 3.63) is 27.3 Å². The van der Waals surface area contributed by atoms with Crippen LogP contribution < -0.4 is 4.74 Å². The Morgan fingerprint density at radius 3 is 2.47 bits per heavy atom. The monoisotopic (exact) mass is 380 g/mol. The Kier molecular flexibility index (Phi) is 4.11. The normalized spacial score (nSPS) is 19.4. The number of methoxy groups -OCH3 is 1. The fourth-order valence-electron chi connectivity index (χ4n) is 1.66. The van der Waals surface area contributed by atoms with E-state index in [1.165, 1.54) is 0 Å². The van der Waals surface area contributed by atoms with Crippen molar-refractivity contribution >= 4 is 20.6 Å². The second kappa shape index (κ2) is 5.20. The third-order valence-electron chi connectivity index (χ3n) is 2.59. The van der Waals surface area contributed by atoms with Gasteiger partial charge in [0.25, 0.3) is 0 Å². The molecule has 1 aliphatic rings. The van der Waals surface area contributed by atoms with Gasteiger partial charge in [0.05, 0.1) is 0 Å². The maximum atomic E-state index is 6.07. The predicted molar refractivity (Wildman–Crippen MR) is 81.7 cm³/mol. The second-order valence-corrected chi connectivity index (χ2v) is 9.11. The Morgan fingerprint density at radius 2 is 1.89 bits per heavy atom. The standard InChI is InChI=1S/C14H21IO4/c1-13(2,3)18-19-15-12-8-7-10(16-6)9-11(12)14(4,5)17-15/h7-9H,1-6H3. The summed E-state index contributed by atoms with van der Waals surface area (Å²) in [6.45, 7) is 9.96. The number of hydrogen-bond donors (Lipinski definition) is 0. The molecule has 0 fully saturated rings. The van der Waals surface area contributed by atoms with Gasteiger partial charge in [0.15, 0.2) is 0 Å². The van der Waals surface area contributed by atoms with Crippen LogP contribution in [-0.4, -0.2) is 12.7 Å². The van der Waals surface area contributed by atoms with Crippen LogP contribution in [0.15, 0.2) is 18.2 Å². The van der Waals surface area contributed by atoms with Crippen molar-refractivity contribution in [2.45, 2.75) is 45.8 Å². The minimum atomic E-state index is -2.21. The molecule has 1 aliphatic heterocycles. The van der Waals surface area contributed by atoms with E-state index >= 15 is 0 Å². The summed E-state index contributed by atoms with van der Waals surface area (Å²) in [4.78, 5) is 5.43. The van der Waals surface area contributed by atoms with E-state index in [0.717, 1.165) is 14.9 Å². The zero-order chi connectivity index (χ0) is 14.3. The first kappa shape index (κ1) is 15.0. The van der Waals surface area contributed by atoms with Gasteiger partial charge in [-0.1, -0.05) is 0 Å². The van der Waals surface area contributed by atoms with E-state index in [9.17, 15) is 0 Å². The van der Waals surface area contributed by atoms with E-state index in [2.05, 4.69) is 0 Å². The Labute approximate surface area is 122 Å². The second-order valence-electron chi connectivity index (χ2n) is 5.91. The number of ether oxygens (including phenoxy) is 1. The molecular formula is C14H21IO4. The Hall–Kier alpha value is -0.370. The molecule has 19 heavy (non-hydrogen) atoms. The van der Waals surface area contributed by atoms with E-state index in [0.29, 0.717) is 0 Å². The topological polar surface area (TPSA) is 36.9 Å². The molecule has 108 valence electrons. The number of fused-ring (bicyclic) bond motifs is 1. The molecule has 0 aromatic heterocycles. The molecule has 5 heteroatoms. The third kappa shape index (κ3) is 3.39. The summed E-state index contributed by atoms with van der Waals surface area (Å²) < 4.78 is 18.1. The first-order valence-electron chi connectivity index (χ1n) is 6.17. The number of rotatable bonds is 3. The zero-order valence-corrected chi connectivity index (χ0v) is 14.4. The van der Waals surface area contributed by atoms with Crippen LogP contribution in [0.5, 0.6) is 5.75 Å². The van der Waals surface area contributed by atoms with Gasteiger partial charge in [0.2, 0.25) is 0 Å². The van der Waals surface area contributed by atoms with Crippen LogP contribution in [0.3, 0.4) is 0 Å². The molecule has 1 heterocycles. The fraction of sp³-hybridized carbons (Fsp3) is 0.571. The van der Waals surface area contributed by atoms with Gasteiger partial charge in [-0.25, -0.2) is 0 Å². The van der Waals surface area contributed by atoms with E-state index in [-0.39, 0.29) is 11.2 Å². The van der Waals surface area contributed by atoms with Crippen molar-refractivity contribution < 1.29 is 15.9 Å². The average Bonchev–Trinajstić information content (AvgIpc) is 2.57. The summed E-state index contributed by atoms with van der Waals surface area (Å²) in [5.41, 5.74) is 0.450. The molecule has 0 aliphatic carbocycles. The van der Waals surface area contributed by atoms with Crippen LogP contribution in [-0.2, 0) is 16.8 Å². The Morgan fingerprint density at radius 1 is 1.21 bits per heavy atom. The summed E-state index contributed by atoms with van der Waals surface area (Å²) in [7, 11) is 1.67. The van der Waals surface area contributed by atoms with Crippen LogP contribution in [0.1, 0.15) is 40.2 Å².